The Morgan fingerprint density at radius 1 is 0.571 bits per heavy atom. The third-order valence-electron chi connectivity index (χ3n) is 6.07. The Bertz CT molecular complexity index is 441. The first-order valence-corrected chi connectivity index (χ1v) is 12.8. The zero-order valence-corrected chi connectivity index (χ0v) is 19.7. The molecule has 0 radical (unpaired) electrons. The van der Waals surface area contributed by atoms with Crippen LogP contribution in [0.25, 0.3) is 0 Å². The number of unbranched alkanes of at least 4 members (excludes halogenated alkanes) is 13. The third kappa shape index (κ3) is 13.6. The molecule has 0 aliphatic carbocycles. The van der Waals surface area contributed by atoms with Gasteiger partial charge < -0.3 is 0 Å². The number of benzene rings is 1. The molecule has 0 aromatic heterocycles. The number of hydrogen-bond acceptors (Lipinski definition) is 0. The van der Waals surface area contributed by atoms with Crippen LogP contribution in [0.5, 0.6) is 0 Å². The molecule has 1 heteroatoms. The molecule has 1 aromatic rings. The molecule has 0 saturated heterocycles. The molecule has 1 aromatic carbocycles. The minimum absolute atomic E-state index is 0.0347. The molecule has 0 amide bonds. The molecule has 1 unspecified atom stereocenters. The second-order valence-electron chi connectivity index (χ2n) is 8.91. The molecule has 1 atom stereocenters. The Kier molecular flexibility index (Phi) is 15.9. The van der Waals surface area contributed by atoms with E-state index in [2.05, 4.69) is 44.2 Å². The van der Waals surface area contributed by atoms with Crippen LogP contribution in [0.2, 0.25) is 0 Å². The number of hydrogen-bond donors (Lipinski definition) is 0. The molecule has 28 heavy (non-hydrogen) atoms. The molecule has 0 N–H and O–H groups in total. The Balaban J connectivity index is 2.32. The van der Waals surface area contributed by atoms with E-state index in [4.69, 9.17) is 11.6 Å². The van der Waals surface area contributed by atoms with Gasteiger partial charge in [0.15, 0.2) is 0 Å². The van der Waals surface area contributed by atoms with Gasteiger partial charge in [0.2, 0.25) is 0 Å². The number of halogens is 1. The average molecular weight is 407 g/mol. The Morgan fingerprint density at radius 2 is 0.964 bits per heavy atom. The van der Waals surface area contributed by atoms with E-state index >= 15 is 0 Å². The van der Waals surface area contributed by atoms with Crippen LogP contribution in [0.4, 0.5) is 0 Å². The maximum Gasteiger partial charge on any atom is 0.0487 e. The van der Waals surface area contributed by atoms with Crippen molar-refractivity contribution >= 4 is 11.6 Å². The Hall–Kier alpha value is -0.490. The second kappa shape index (κ2) is 17.4. The van der Waals surface area contributed by atoms with Gasteiger partial charge in [-0.2, -0.15) is 0 Å². The van der Waals surface area contributed by atoms with E-state index in [-0.39, 0.29) is 4.87 Å². The first-order chi connectivity index (χ1) is 13.7. The van der Waals surface area contributed by atoms with Crippen LogP contribution in [0.15, 0.2) is 30.3 Å². The van der Waals surface area contributed by atoms with Gasteiger partial charge in [-0.1, -0.05) is 140 Å². The smallest absolute Gasteiger partial charge is 0.0487 e. The van der Waals surface area contributed by atoms with Gasteiger partial charge in [0.25, 0.3) is 0 Å². The maximum absolute atomic E-state index is 7.22. The van der Waals surface area contributed by atoms with Gasteiger partial charge in [0.1, 0.15) is 0 Å². The van der Waals surface area contributed by atoms with E-state index in [1.807, 2.05) is 0 Å². The molecule has 0 nitrogen and oxygen atoms in total. The van der Waals surface area contributed by atoms with Crippen LogP contribution in [-0.4, -0.2) is 4.87 Å². The van der Waals surface area contributed by atoms with Gasteiger partial charge in [0, 0.05) is 4.87 Å². The van der Waals surface area contributed by atoms with Crippen LogP contribution in [0.1, 0.15) is 129 Å². The van der Waals surface area contributed by atoms with Gasteiger partial charge >= 0.3 is 0 Å². The summed E-state index contributed by atoms with van der Waals surface area (Å²) in [4.78, 5) is -0.0347. The molecule has 0 fully saturated rings. The molecule has 0 saturated carbocycles. The van der Waals surface area contributed by atoms with Crippen molar-refractivity contribution < 1.29 is 0 Å². The van der Waals surface area contributed by atoms with Crippen molar-refractivity contribution in [2.24, 2.45) is 0 Å². The van der Waals surface area contributed by atoms with Gasteiger partial charge in [0.05, 0.1) is 0 Å². The SMILES string of the molecule is CCCCCCCCCCC(Cl)(CCCCCCCCC)Cc1ccccc1. The summed E-state index contributed by atoms with van der Waals surface area (Å²) < 4.78 is 0. The van der Waals surface area contributed by atoms with Crippen molar-refractivity contribution in [3.05, 3.63) is 35.9 Å². The lowest BCUT2D eigenvalue weighted by atomic mass is 9.87. The largest absolute Gasteiger partial charge is 0.119 e. The first-order valence-electron chi connectivity index (χ1n) is 12.4. The summed E-state index contributed by atoms with van der Waals surface area (Å²) in [6, 6.07) is 10.9. The fourth-order valence-corrected chi connectivity index (χ4v) is 4.66. The molecular weight excluding hydrogens is 360 g/mol. The van der Waals surface area contributed by atoms with E-state index in [0.29, 0.717) is 0 Å². The standard InChI is InChI=1S/C27H47Cl/c1-3-5-7-9-11-13-15-20-24-27(28,25-26-21-17-16-18-22-26)23-19-14-12-10-8-6-4-2/h16-18,21-22H,3-15,19-20,23-25H2,1-2H3. The molecule has 1 rings (SSSR count). The van der Waals surface area contributed by atoms with E-state index in [1.165, 1.54) is 115 Å². The predicted molar refractivity (Wildman–Crippen MR) is 129 cm³/mol. The zero-order chi connectivity index (χ0) is 20.3. The highest BCUT2D eigenvalue weighted by molar-refractivity contribution is 6.24. The summed E-state index contributed by atoms with van der Waals surface area (Å²) in [6.07, 6.45) is 24.0. The monoisotopic (exact) mass is 406 g/mol. The lowest BCUT2D eigenvalue weighted by Crippen LogP contribution is -2.24. The zero-order valence-electron chi connectivity index (χ0n) is 19.0. The van der Waals surface area contributed by atoms with Crippen LogP contribution in [0, 0.1) is 0 Å². The van der Waals surface area contributed by atoms with Crippen molar-refractivity contribution in [1.82, 2.24) is 0 Å². The van der Waals surface area contributed by atoms with Gasteiger partial charge in [-0.05, 0) is 24.8 Å². The lowest BCUT2D eigenvalue weighted by molar-refractivity contribution is 0.430. The highest BCUT2D eigenvalue weighted by Gasteiger charge is 2.26. The topological polar surface area (TPSA) is 0 Å². The van der Waals surface area contributed by atoms with Crippen molar-refractivity contribution in [3.63, 3.8) is 0 Å². The van der Waals surface area contributed by atoms with Crippen LogP contribution in [-0.2, 0) is 6.42 Å². The van der Waals surface area contributed by atoms with E-state index in [0.717, 1.165) is 6.42 Å². The number of rotatable bonds is 19. The fraction of sp³-hybridized carbons (Fsp3) is 0.778. The molecule has 0 bridgehead atoms. The van der Waals surface area contributed by atoms with Gasteiger partial charge in [-0.25, -0.2) is 0 Å². The summed E-state index contributed by atoms with van der Waals surface area (Å²) in [5, 5.41) is 0. The van der Waals surface area contributed by atoms with Crippen molar-refractivity contribution in [1.29, 1.82) is 0 Å². The van der Waals surface area contributed by atoms with Gasteiger partial charge in [-0.15, -0.1) is 11.6 Å². The van der Waals surface area contributed by atoms with E-state index < -0.39 is 0 Å². The summed E-state index contributed by atoms with van der Waals surface area (Å²) in [7, 11) is 0. The van der Waals surface area contributed by atoms with Crippen molar-refractivity contribution in [2.45, 2.75) is 134 Å². The molecule has 0 aliphatic heterocycles. The molecular formula is C27H47Cl. The molecule has 162 valence electrons. The summed E-state index contributed by atoms with van der Waals surface area (Å²) in [5.41, 5.74) is 1.40. The third-order valence-corrected chi connectivity index (χ3v) is 6.58. The minimum Gasteiger partial charge on any atom is -0.119 e. The normalized spacial score (nSPS) is 13.5. The molecule has 0 heterocycles. The van der Waals surface area contributed by atoms with Crippen LogP contribution >= 0.6 is 11.6 Å². The first kappa shape index (κ1) is 25.5. The quantitative estimate of drug-likeness (QED) is 0.158. The van der Waals surface area contributed by atoms with Crippen molar-refractivity contribution in [3.8, 4) is 0 Å². The summed E-state index contributed by atoms with van der Waals surface area (Å²) >= 11 is 7.22. The molecule has 0 spiro atoms. The number of alkyl halides is 1. The highest BCUT2D eigenvalue weighted by Crippen LogP contribution is 2.33. The summed E-state index contributed by atoms with van der Waals surface area (Å²) in [6.45, 7) is 4.58. The second-order valence-corrected chi connectivity index (χ2v) is 9.71. The average Bonchev–Trinajstić information content (AvgIpc) is 2.70. The molecule has 0 aliphatic rings. The van der Waals surface area contributed by atoms with E-state index in [9.17, 15) is 0 Å². The van der Waals surface area contributed by atoms with Crippen LogP contribution < -0.4 is 0 Å². The lowest BCUT2D eigenvalue weighted by Gasteiger charge is -2.28. The summed E-state index contributed by atoms with van der Waals surface area (Å²) in [5.74, 6) is 0. The minimum atomic E-state index is -0.0347. The Morgan fingerprint density at radius 3 is 1.39 bits per heavy atom. The fourth-order valence-electron chi connectivity index (χ4n) is 4.24. The Labute approximate surface area is 181 Å². The van der Waals surface area contributed by atoms with Crippen molar-refractivity contribution in [2.75, 3.05) is 0 Å². The highest BCUT2D eigenvalue weighted by atomic mass is 35.5. The van der Waals surface area contributed by atoms with Gasteiger partial charge in [-0.3, -0.25) is 0 Å². The van der Waals surface area contributed by atoms with E-state index in [1.54, 1.807) is 0 Å². The maximum atomic E-state index is 7.22. The predicted octanol–water partition coefficient (Wildman–Crippen LogP) is 9.88. The van der Waals surface area contributed by atoms with Crippen LogP contribution in [0.3, 0.4) is 0 Å².